The number of carbonyl (C=O) groups excluding carboxylic acids is 2. The Morgan fingerprint density at radius 1 is 1.10 bits per heavy atom. The van der Waals surface area contributed by atoms with E-state index in [2.05, 4.69) is 11.0 Å². The third kappa shape index (κ3) is 4.16. The van der Waals surface area contributed by atoms with E-state index in [4.69, 9.17) is 4.74 Å². The largest absolute Gasteiger partial charge is 0.378 e. The van der Waals surface area contributed by atoms with Crippen molar-refractivity contribution in [2.75, 3.05) is 49.7 Å². The maximum atomic E-state index is 14.1. The first-order valence-corrected chi connectivity index (χ1v) is 10.2. The molecule has 2 saturated heterocycles. The minimum absolute atomic E-state index is 0.0982. The summed E-state index contributed by atoms with van der Waals surface area (Å²) in [6.45, 7) is 3.69. The third-order valence-corrected chi connectivity index (χ3v) is 5.74. The lowest BCUT2D eigenvalue weighted by Gasteiger charge is -2.31. The zero-order chi connectivity index (χ0) is 21.1. The molecule has 0 unspecified atom stereocenters. The number of benzene rings is 2. The van der Waals surface area contributed by atoms with Gasteiger partial charge in [-0.05, 0) is 23.8 Å². The number of hydrogen-bond donors (Lipinski definition) is 0. The van der Waals surface area contributed by atoms with Gasteiger partial charge in [-0.1, -0.05) is 30.3 Å². The van der Waals surface area contributed by atoms with Crippen molar-refractivity contribution in [2.24, 2.45) is 5.92 Å². The minimum atomic E-state index is -0.474. The van der Waals surface area contributed by atoms with Gasteiger partial charge in [0.1, 0.15) is 5.82 Å². The zero-order valence-electron chi connectivity index (χ0n) is 17.1. The quantitative estimate of drug-likeness (QED) is 0.759. The van der Waals surface area contributed by atoms with Crippen LogP contribution in [-0.2, 0) is 20.9 Å². The molecule has 1 atom stereocenters. The highest BCUT2D eigenvalue weighted by Crippen LogP contribution is 2.29. The highest BCUT2D eigenvalue weighted by molar-refractivity contribution is 6.00. The van der Waals surface area contributed by atoms with Crippen molar-refractivity contribution in [3.05, 3.63) is 59.9 Å². The molecule has 2 amide bonds. The van der Waals surface area contributed by atoms with Gasteiger partial charge in [0.05, 0.1) is 24.8 Å². The molecule has 2 fully saturated rings. The van der Waals surface area contributed by atoms with Crippen LogP contribution in [-0.4, -0.2) is 56.6 Å². The van der Waals surface area contributed by atoms with Gasteiger partial charge in [-0.2, -0.15) is 0 Å². The summed E-state index contributed by atoms with van der Waals surface area (Å²) in [5.74, 6) is -1.25. The topological polar surface area (TPSA) is 53.1 Å². The van der Waals surface area contributed by atoms with Gasteiger partial charge < -0.3 is 19.4 Å². The molecule has 0 radical (unpaired) electrons. The van der Waals surface area contributed by atoms with Crippen LogP contribution in [0.1, 0.15) is 12.0 Å². The van der Waals surface area contributed by atoms with Gasteiger partial charge in [-0.15, -0.1) is 0 Å². The second kappa shape index (κ2) is 8.83. The van der Waals surface area contributed by atoms with Crippen molar-refractivity contribution in [2.45, 2.75) is 13.0 Å². The van der Waals surface area contributed by atoms with Gasteiger partial charge in [0.25, 0.3) is 0 Å². The molecule has 2 aliphatic rings. The lowest BCUT2D eigenvalue weighted by atomic mass is 10.1. The Balaban J connectivity index is 1.45. The first-order valence-electron chi connectivity index (χ1n) is 10.2. The predicted octanol–water partition coefficient (Wildman–Crippen LogP) is 2.67. The van der Waals surface area contributed by atoms with Gasteiger partial charge in [0.15, 0.2) is 0 Å². The molecule has 0 N–H and O–H groups in total. The van der Waals surface area contributed by atoms with E-state index in [0.29, 0.717) is 19.8 Å². The number of carbonyl (C=O) groups is 2. The third-order valence-electron chi connectivity index (χ3n) is 5.74. The van der Waals surface area contributed by atoms with Gasteiger partial charge >= 0.3 is 0 Å². The molecular formula is C23H26FN3O3. The van der Waals surface area contributed by atoms with Gasteiger partial charge in [0, 0.05) is 45.3 Å². The van der Waals surface area contributed by atoms with Gasteiger partial charge in [0.2, 0.25) is 11.8 Å². The minimum Gasteiger partial charge on any atom is -0.378 e. The molecule has 7 heteroatoms. The lowest BCUT2D eigenvalue weighted by molar-refractivity contribution is -0.135. The van der Waals surface area contributed by atoms with Crippen LogP contribution >= 0.6 is 0 Å². The van der Waals surface area contributed by atoms with Crippen molar-refractivity contribution in [1.29, 1.82) is 0 Å². The average Bonchev–Trinajstić information content (AvgIpc) is 3.16. The molecule has 0 spiro atoms. The van der Waals surface area contributed by atoms with E-state index in [1.54, 1.807) is 30.1 Å². The normalized spacial score (nSPS) is 19.3. The van der Waals surface area contributed by atoms with E-state index in [9.17, 15) is 14.0 Å². The monoisotopic (exact) mass is 411 g/mol. The summed E-state index contributed by atoms with van der Waals surface area (Å²) in [5.41, 5.74) is 2.40. The molecule has 2 aliphatic heterocycles. The van der Waals surface area contributed by atoms with Crippen molar-refractivity contribution in [3.63, 3.8) is 0 Å². The van der Waals surface area contributed by atoms with Crippen LogP contribution in [0.2, 0.25) is 0 Å². The van der Waals surface area contributed by atoms with Crippen molar-refractivity contribution in [1.82, 2.24) is 4.90 Å². The molecule has 158 valence electrons. The summed E-state index contributed by atoms with van der Waals surface area (Å²) in [7, 11) is 1.76. The first kappa shape index (κ1) is 20.3. The lowest BCUT2D eigenvalue weighted by Crippen LogP contribution is -2.38. The number of nitrogens with zero attached hydrogens (tertiary/aromatic N) is 3. The van der Waals surface area contributed by atoms with E-state index < -0.39 is 11.7 Å². The second-order valence-electron chi connectivity index (χ2n) is 7.78. The highest BCUT2D eigenvalue weighted by atomic mass is 19.1. The number of morpholine rings is 1. The fourth-order valence-corrected chi connectivity index (χ4v) is 4.18. The van der Waals surface area contributed by atoms with Crippen LogP contribution in [0.5, 0.6) is 0 Å². The van der Waals surface area contributed by atoms with E-state index in [1.807, 2.05) is 18.2 Å². The maximum Gasteiger partial charge on any atom is 0.228 e. The zero-order valence-corrected chi connectivity index (χ0v) is 17.1. The second-order valence-corrected chi connectivity index (χ2v) is 7.78. The fourth-order valence-electron chi connectivity index (χ4n) is 4.18. The number of rotatable bonds is 5. The van der Waals surface area contributed by atoms with Crippen LogP contribution in [0.25, 0.3) is 0 Å². The smallest absolute Gasteiger partial charge is 0.228 e. The molecule has 4 rings (SSSR count). The first-order chi connectivity index (χ1) is 14.5. The Bertz CT molecular complexity index is 929. The van der Waals surface area contributed by atoms with Crippen LogP contribution in [0, 0.1) is 11.7 Å². The fraction of sp³-hybridized carbons (Fsp3) is 0.391. The predicted molar refractivity (Wildman–Crippen MR) is 113 cm³/mol. The number of anilines is 2. The van der Waals surface area contributed by atoms with Gasteiger partial charge in [-0.3, -0.25) is 9.59 Å². The van der Waals surface area contributed by atoms with E-state index in [0.717, 1.165) is 24.3 Å². The van der Waals surface area contributed by atoms with E-state index >= 15 is 0 Å². The van der Waals surface area contributed by atoms with Crippen LogP contribution in [0.4, 0.5) is 15.8 Å². The van der Waals surface area contributed by atoms with Gasteiger partial charge in [-0.25, -0.2) is 4.39 Å². The van der Waals surface area contributed by atoms with Crippen molar-refractivity contribution < 1.29 is 18.7 Å². The van der Waals surface area contributed by atoms with Crippen LogP contribution in [0.3, 0.4) is 0 Å². The Morgan fingerprint density at radius 3 is 2.50 bits per heavy atom. The molecule has 0 aliphatic carbocycles. The molecule has 6 nitrogen and oxygen atoms in total. The summed E-state index contributed by atoms with van der Waals surface area (Å²) < 4.78 is 19.6. The summed E-state index contributed by atoms with van der Waals surface area (Å²) in [5, 5.41) is 0. The Hall–Kier alpha value is -2.93. The molecular weight excluding hydrogens is 385 g/mol. The summed E-state index contributed by atoms with van der Waals surface area (Å²) in [6, 6.07) is 14.2. The highest BCUT2D eigenvalue weighted by Gasteiger charge is 2.37. The number of hydrogen-bond acceptors (Lipinski definition) is 4. The Labute approximate surface area is 175 Å². The molecule has 30 heavy (non-hydrogen) atoms. The molecule has 2 aromatic carbocycles. The maximum absolute atomic E-state index is 14.1. The summed E-state index contributed by atoms with van der Waals surface area (Å²) in [4.78, 5) is 30.8. The Morgan fingerprint density at radius 2 is 1.77 bits per heavy atom. The number of ether oxygens (including phenoxy) is 1. The molecule has 0 bridgehead atoms. The van der Waals surface area contributed by atoms with Crippen LogP contribution < -0.4 is 9.80 Å². The average molecular weight is 411 g/mol. The Kier molecular flexibility index (Phi) is 5.99. The number of amides is 2. The summed E-state index contributed by atoms with van der Waals surface area (Å²) in [6.07, 6.45) is 0.0998. The number of para-hydroxylation sites is 2. The standard InChI is InChI=1S/C23H26FN3O3/c1-25(15-17-6-2-4-8-20(17)26-10-12-30-13-11-26)23(29)18-14-22(28)27(16-18)21-9-5-3-7-19(21)24/h2-9,18H,10-16H2,1H3/t18-/m0/s1. The van der Waals surface area contributed by atoms with Crippen molar-refractivity contribution >= 4 is 23.2 Å². The van der Waals surface area contributed by atoms with E-state index in [-0.39, 0.29) is 30.5 Å². The van der Waals surface area contributed by atoms with Crippen molar-refractivity contribution in [3.8, 4) is 0 Å². The summed E-state index contributed by atoms with van der Waals surface area (Å²) >= 11 is 0. The molecule has 2 aromatic rings. The molecule has 0 aromatic heterocycles. The SMILES string of the molecule is CN(Cc1ccccc1N1CCOCC1)C(=O)[C@H]1CC(=O)N(c2ccccc2F)C1. The molecule has 2 heterocycles. The molecule has 0 saturated carbocycles. The van der Waals surface area contributed by atoms with E-state index in [1.165, 1.54) is 11.0 Å². The number of halogens is 1. The van der Waals surface area contributed by atoms with Crippen LogP contribution in [0.15, 0.2) is 48.5 Å².